The van der Waals surface area contributed by atoms with E-state index in [-0.39, 0.29) is 22.7 Å². The highest BCUT2D eigenvalue weighted by atomic mass is 32.1. The fourth-order valence-electron chi connectivity index (χ4n) is 4.85. The number of Topliss-reactive ketones (excluding diaryl/α,β-unsaturated/α-hetero) is 1. The molecule has 0 spiro atoms. The molecule has 7 nitrogen and oxygen atoms in total. The molecule has 1 aliphatic rings. The van der Waals surface area contributed by atoms with Crippen molar-refractivity contribution in [2.75, 3.05) is 12.0 Å². The summed E-state index contributed by atoms with van der Waals surface area (Å²) in [6.45, 7) is 10.5. The van der Waals surface area contributed by atoms with E-state index >= 15 is 0 Å². The second-order valence-electron chi connectivity index (χ2n) is 11.0. The van der Waals surface area contributed by atoms with Gasteiger partial charge in [0.25, 0.3) is 5.78 Å². The molecule has 0 radical (unpaired) electrons. The van der Waals surface area contributed by atoms with Crippen LogP contribution in [0.3, 0.4) is 0 Å². The number of ketones is 1. The van der Waals surface area contributed by atoms with Crippen LogP contribution >= 0.6 is 11.3 Å². The highest BCUT2D eigenvalue weighted by Crippen LogP contribution is 2.45. The third kappa shape index (κ3) is 4.69. The number of pyridine rings is 1. The predicted molar refractivity (Wildman–Crippen MR) is 154 cm³/mol. The number of ether oxygens (including phenoxy) is 1. The number of methoxy groups -OCH3 is 1. The summed E-state index contributed by atoms with van der Waals surface area (Å²) in [7, 11) is 1.59. The first-order chi connectivity index (χ1) is 18.5. The van der Waals surface area contributed by atoms with E-state index in [1.165, 1.54) is 16.2 Å². The van der Waals surface area contributed by atoms with E-state index in [1.807, 2.05) is 26.0 Å². The molecule has 0 bridgehead atoms. The van der Waals surface area contributed by atoms with Crippen LogP contribution < -0.4 is 9.64 Å². The Kier molecular flexibility index (Phi) is 6.76. The normalized spacial score (nSPS) is 17.4. The molecule has 1 fully saturated rings. The second kappa shape index (κ2) is 9.93. The van der Waals surface area contributed by atoms with Gasteiger partial charge in [-0.05, 0) is 64.4 Å². The summed E-state index contributed by atoms with van der Waals surface area (Å²) in [5.74, 6) is -0.943. The molecule has 3 heterocycles. The third-order valence-electron chi connectivity index (χ3n) is 7.02. The van der Waals surface area contributed by atoms with E-state index in [9.17, 15) is 14.7 Å². The van der Waals surface area contributed by atoms with Gasteiger partial charge >= 0.3 is 5.91 Å². The number of carbonyl (C=O) groups is 2. The molecule has 8 heteroatoms. The molecule has 1 saturated heterocycles. The monoisotopic (exact) mass is 541 g/mol. The number of amides is 1. The molecule has 2 aromatic carbocycles. The minimum Gasteiger partial charge on any atom is -0.507 e. The molecule has 0 saturated carbocycles. The maximum Gasteiger partial charge on any atom is 0.301 e. The molecular weight excluding hydrogens is 510 g/mol. The summed E-state index contributed by atoms with van der Waals surface area (Å²) in [4.78, 5) is 37.5. The van der Waals surface area contributed by atoms with Crippen LogP contribution in [-0.2, 0) is 15.0 Å². The van der Waals surface area contributed by atoms with Crippen molar-refractivity contribution >= 4 is 44.1 Å². The zero-order valence-electron chi connectivity index (χ0n) is 22.9. The van der Waals surface area contributed by atoms with E-state index in [0.717, 1.165) is 21.3 Å². The second-order valence-corrected chi connectivity index (χ2v) is 12.0. The number of benzene rings is 2. The number of aliphatic hydroxyl groups is 1. The molecule has 1 aliphatic heterocycles. The zero-order chi connectivity index (χ0) is 28.1. The van der Waals surface area contributed by atoms with Crippen LogP contribution in [0, 0.1) is 0 Å². The Bertz CT molecular complexity index is 1620. The number of aliphatic hydroxyl groups excluding tert-OH is 1. The molecular formula is C31H31N3O4S. The Morgan fingerprint density at radius 1 is 1.10 bits per heavy atom. The summed E-state index contributed by atoms with van der Waals surface area (Å²) in [5, 5.41) is 11.9. The third-order valence-corrected chi connectivity index (χ3v) is 8.04. The number of fused-ring (bicyclic) bond motifs is 1. The van der Waals surface area contributed by atoms with Gasteiger partial charge in [0.05, 0.1) is 28.9 Å². The van der Waals surface area contributed by atoms with Crippen LogP contribution in [0.1, 0.15) is 68.8 Å². The summed E-state index contributed by atoms with van der Waals surface area (Å²) >= 11 is 1.35. The van der Waals surface area contributed by atoms with Crippen molar-refractivity contribution in [2.24, 2.45) is 0 Å². The van der Waals surface area contributed by atoms with Crippen LogP contribution in [0.25, 0.3) is 16.0 Å². The lowest BCUT2D eigenvalue weighted by molar-refractivity contribution is -0.132. The van der Waals surface area contributed by atoms with E-state index < -0.39 is 17.7 Å². The number of carbonyl (C=O) groups excluding carboxylic acids is 2. The minimum atomic E-state index is -0.883. The summed E-state index contributed by atoms with van der Waals surface area (Å²) in [6.07, 6.45) is 3.23. The fourth-order valence-corrected chi connectivity index (χ4v) is 5.88. The lowest BCUT2D eigenvalue weighted by atomic mass is 9.87. The van der Waals surface area contributed by atoms with Gasteiger partial charge in [-0.15, -0.1) is 0 Å². The summed E-state index contributed by atoms with van der Waals surface area (Å²) < 4.78 is 6.40. The Labute approximate surface area is 231 Å². The number of aromatic nitrogens is 2. The highest BCUT2D eigenvalue weighted by Gasteiger charge is 2.48. The van der Waals surface area contributed by atoms with Crippen molar-refractivity contribution in [3.05, 3.63) is 88.8 Å². The maximum atomic E-state index is 13.6. The molecule has 1 N–H and O–H groups in total. The number of nitrogens with zero attached hydrogens (tertiary/aromatic N) is 3. The molecule has 4 aromatic rings. The van der Waals surface area contributed by atoms with Crippen molar-refractivity contribution in [3.8, 4) is 5.75 Å². The standard InChI is InChI=1S/C31H31N3O4S/c1-17(2)21-14-18(9-12-23(21)38-6)27(35)25-26(19-8-7-13-32-16-19)34(29(37)28(25)36)30-33-22-11-10-20(31(3,4)5)15-24(22)39-30/h7-17,26,35H,1-6H3/b27-25+. The molecule has 1 atom stereocenters. The quantitative estimate of drug-likeness (QED) is 0.171. The summed E-state index contributed by atoms with van der Waals surface area (Å²) in [6, 6.07) is 14.0. The van der Waals surface area contributed by atoms with Gasteiger partial charge in [0.2, 0.25) is 0 Å². The fraction of sp³-hybridized carbons (Fsp3) is 0.290. The molecule has 39 heavy (non-hydrogen) atoms. The van der Waals surface area contributed by atoms with E-state index in [2.05, 4.69) is 31.8 Å². The molecule has 1 amide bonds. The topological polar surface area (TPSA) is 92.6 Å². The molecule has 5 rings (SSSR count). The van der Waals surface area contributed by atoms with Crippen molar-refractivity contribution in [3.63, 3.8) is 0 Å². The first-order valence-corrected chi connectivity index (χ1v) is 13.6. The lowest BCUT2D eigenvalue weighted by Crippen LogP contribution is -2.29. The number of hydrogen-bond acceptors (Lipinski definition) is 7. The van der Waals surface area contributed by atoms with Crippen LogP contribution in [0.4, 0.5) is 5.13 Å². The van der Waals surface area contributed by atoms with E-state index in [4.69, 9.17) is 9.72 Å². The lowest BCUT2D eigenvalue weighted by Gasteiger charge is -2.22. The van der Waals surface area contributed by atoms with Gasteiger partial charge in [0.15, 0.2) is 5.13 Å². The van der Waals surface area contributed by atoms with Crippen molar-refractivity contribution in [1.82, 2.24) is 9.97 Å². The van der Waals surface area contributed by atoms with Crippen LogP contribution in [0.15, 0.2) is 66.5 Å². The highest BCUT2D eigenvalue weighted by molar-refractivity contribution is 7.22. The zero-order valence-corrected chi connectivity index (χ0v) is 23.7. The predicted octanol–water partition coefficient (Wildman–Crippen LogP) is 6.75. The Morgan fingerprint density at radius 2 is 1.87 bits per heavy atom. The SMILES string of the molecule is COc1ccc(/C(O)=C2\C(=O)C(=O)N(c3nc4ccc(C(C)(C)C)cc4s3)C2c2cccnc2)cc1C(C)C. The number of thiazole rings is 1. The van der Waals surface area contributed by atoms with Gasteiger partial charge < -0.3 is 9.84 Å². The van der Waals surface area contributed by atoms with Gasteiger partial charge in [0, 0.05) is 18.0 Å². The number of rotatable bonds is 5. The van der Waals surface area contributed by atoms with Gasteiger partial charge in [-0.1, -0.05) is 58.1 Å². The number of hydrogen-bond donors (Lipinski definition) is 1. The Balaban J connectivity index is 1.69. The first kappa shape index (κ1) is 26.6. The van der Waals surface area contributed by atoms with E-state index in [0.29, 0.717) is 22.0 Å². The molecule has 2 aromatic heterocycles. The molecule has 0 aliphatic carbocycles. The smallest absolute Gasteiger partial charge is 0.301 e. The van der Waals surface area contributed by atoms with E-state index in [1.54, 1.807) is 49.8 Å². The molecule has 1 unspecified atom stereocenters. The first-order valence-electron chi connectivity index (χ1n) is 12.8. The van der Waals surface area contributed by atoms with Gasteiger partial charge in [-0.25, -0.2) is 4.98 Å². The van der Waals surface area contributed by atoms with Crippen molar-refractivity contribution in [2.45, 2.75) is 52.0 Å². The average Bonchev–Trinajstić information content (AvgIpc) is 3.45. The Morgan fingerprint density at radius 3 is 2.51 bits per heavy atom. The van der Waals surface area contributed by atoms with Crippen LogP contribution in [0.5, 0.6) is 5.75 Å². The van der Waals surface area contributed by atoms with Gasteiger partial charge in [0.1, 0.15) is 11.5 Å². The Hall–Kier alpha value is -4.04. The van der Waals surface area contributed by atoms with Crippen molar-refractivity contribution in [1.29, 1.82) is 0 Å². The number of anilines is 1. The maximum absolute atomic E-state index is 13.6. The van der Waals surface area contributed by atoms with Crippen molar-refractivity contribution < 1.29 is 19.4 Å². The van der Waals surface area contributed by atoms with Gasteiger partial charge in [-0.3, -0.25) is 19.5 Å². The largest absolute Gasteiger partial charge is 0.507 e. The molecule has 200 valence electrons. The van der Waals surface area contributed by atoms with Crippen LogP contribution in [-0.4, -0.2) is 33.9 Å². The van der Waals surface area contributed by atoms with Gasteiger partial charge in [-0.2, -0.15) is 0 Å². The summed E-state index contributed by atoms with van der Waals surface area (Å²) in [5.41, 5.74) is 3.77. The minimum absolute atomic E-state index is 0.00232. The average molecular weight is 542 g/mol. The van der Waals surface area contributed by atoms with Crippen LogP contribution in [0.2, 0.25) is 0 Å².